The molecule has 0 spiro atoms. The minimum absolute atomic E-state index is 0.160. The summed E-state index contributed by atoms with van der Waals surface area (Å²) in [7, 11) is 0. The number of piperidine rings is 1. The Morgan fingerprint density at radius 2 is 1.87 bits per heavy atom. The maximum atomic E-state index is 12.4. The number of hydrogen-bond acceptors (Lipinski definition) is 7. The number of nitrogens with zero attached hydrogens (tertiary/aromatic N) is 4. The minimum atomic E-state index is -4.73. The zero-order valence-corrected chi connectivity index (χ0v) is 21.5. The molecule has 0 amide bonds. The number of pyridine rings is 1. The average Bonchev–Trinajstić information content (AvgIpc) is 3.53. The van der Waals surface area contributed by atoms with E-state index in [1.54, 1.807) is 0 Å². The van der Waals surface area contributed by atoms with Gasteiger partial charge < -0.3 is 29.0 Å². The molecule has 0 unspecified atom stereocenters. The Bertz CT molecular complexity index is 1360. The van der Waals surface area contributed by atoms with Gasteiger partial charge in [-0.1, -0.05) is 6.07 Å². The molecule has 5 rings (SSSR count). The van der Waals surface area contributed by atoms with E-state index in [2.05, 4.69) is 29.5 Å². The number of aliphatic hydroxyl groups is 1. The highest BCUT2D eigenvalue weighted by atomic mass is 19.4. The van der Waals surface area contributed by atoms with Crippen molar-refractivity contribution in [2.75, 3.05) is 31.5 Å². The van der Waals surface area contributed by atoms with Gasteiger partial charge in [-0.25, -0.2) is 9.97 Å². The van der Waals surface area contributed by atoms with E-state index < -0.39 is 6.36 Å². The number of ether oxygens (including phenoxy) is 1. The van der Waals surface area contributed by atoms with Crippen LogP contribution in [0.15, 0.2) is 65.5 Å². The van der Waals surface area contributed by atoms with Crippen molar-refractivity contribution in [2.24, 2.45) is 0 Å². The third kappa shape index (κ3) is 7.18. The molecule has 2 N–H and O–H groups in total. The molecule has 3 aromatic heterocycles. The SMILES string of the molecule is Cc1cc(-c2nc(-c3ccc(OC(F)(F)F)cc3)co2)cn1Cc1ccc(NCCN2CCC(O)CC2)nc1. The van der Waals surface area contributed by atoms with Crippen LogP contribution < -0.4 is 10.1 Å². The normalized spacial score (nSPS) is 15.0. The number of halogens is 3. The van der Waals surface area contributed by atoms with E-state index in [4.69, 9.17) is 4.42 Å². The predicted molar refractivity (Wildman–Crippen MR) is 140 cm³/mol. The van der Waals surface area contributed by atoms with Crippen LogP contribution in [0.1, 0.15) is 24.1 Å². The van der Waals surface area contributed by atoms with Crippen molar-refractivity contribution in [2.45, 2.75) is 38.8 Å². The smallest absolute Gasteiger partial charge is 0.444 e. The zero-order valence-electron chi connectivity index (χ0n) is 21.5. The molecule has 0 atom stereocenters. The molecule has 0 radical (unpaired) electrons. The van der Waals surface area contributed by atoms with Crippen molar-refractivity contribution in [1.29, 1.82) is 0 Å². The van der Waals surface area contributed by atoms with Crippen molar-refractivity contribution in [3.63, 3.8) is 0 Å². The number of likely N-dealkylation sites (tertiary alicyclic amines) is 1. The molecule has 39 heavy (non-hydrogen) atoms. The fourth-order valence-corrected chi connectivity index (χ4v) is 4.57. The number of nitrogens with one attached hydrogen (secondary N) is 1. The van der Waals surface area contributed by atoms with Crippen LogP contribution >= 0.6 is 0 Å². The summed E-state index contributed by atoms with van der Waals surface area (Å²) in [5.41, 5.74) is 3.99. The van der Waals surface area contributed by atoms with Crippen LogP contribution in [0.4, 0.5) is 19.0 Å². The van der Waals surface area contributed by atoms with E-state index in [0.29, 0.717) is 23.7 Å². The fraction of sp³-hybridized carbons (Fsp3) is 0.357. The lowest BCUT2D eigenvalue weighted by Gasteiger charge is -2.29. The summed E-state index contributed by atoms with van der Waals surface area (Å²) in [5.74, 6) is 0.953. The fourth-order valence-electron chi connectivity index (χ4n) is 4.57. The van der Waals surface area contributed by atoms with Gasteiger partial charge >= 0.3 is 6.36 Å². The van der Waals surface area contributed by atoms with Gasteiger partial charge in [0.15, 0.2) is 0 Å². The summed E-state index contributed by atoms with van der Waals surface area (Å²) in [6, 6.07) is 11.5. The number of rotatable bonds is 9. The molecule has 206 valence electrons. The number of anilines is 1. The molecule has 1 aromatic carbocycles. The molecule has 1 saturated heterocycles. The molecule has 1 fully saturated rings. The maximum absolute atomic E-state index is 12.4. The first-order chi connectivity index (χ1) is 18.7. The lowest BCUT2D eigenvalue weighted by atomic mass is 10.1. The average molecular weight is 542 g/mol. The quantitative estimate of drug-likeness (QED) is 0.296. The Kier molecular flexibility index (Phi) is 7.89. The molecule has 4 aromatic rings. The predicted octanol–water partition coefficient (Wildman–Crippen LogP) is 5.33. The van der Waals surface area contributed by atoms with E-state index in [-0.39, 0.29) is 11.9 Å². The monoisotopic (exact) mass is 541 g/mol. The second-order valence-electron chi connectivity index (χ2n) is 9.66. The summed E-state index contributed by atoms with van der Waals surface area (Å²) >= 11 is 0. The van der Waals surface area contributed by atoms with Gasteiger partial charge in [-0.05, 0) is 61.7 Å². The van der Waals surface area contributed by atoms with E-state index >= 15 is 0 Å². The summed E-state index contributed by atoms with van der Waals surface area (Å²) in [5, 5.41) is 13.0. The van der Waals surface area contributed by atoms with Crippen molar-refractivity contribution < 1.29 is 27.4 Å². The molecule has 4 heterocycles. The van der Waals surface area contributed by atoms with Crippen LogP contribution in [0.5, 0.6) is 5.75 Å². The molecule has 0 saturated carbocycles. The number of benzene rings is 1. The Hall–Kier alpha value is -3.83. The van der Waals surface area contributed by atoms with E-state index in [0.717, 1.165) is 61.7 Å². The molecule has 1 aliphatic heterocycles. The van der Waals surface area contributed by atoms with Crippen LogP contribution in [-0.4, -0.2) is 63.2 Å². The molecular weight excluding hydrogens is 511 g/mol. The van der Waals surface area contributed by atoms with Gasteiger partial charge in [-0.3, -0.25) is 0 Å². The van der Waals surface area contributed by atoms with Crippen LogP contribution in [0, 0.1) is 6.92 Å². The van der Waals surface area contributed by atoms with Crippen molar-refractivity contribution >= 4 is 5.82 Å². The summed E-state index contributed by atoms with van der Waals surface area (Å²) in [6.07, 6.45) is 2.06. The van der Waals surface area contributed by atoms with Gasteiger partial charge in [0.1, 0.15) is 23.5 Å². The van der Waals surface area contributed by atoms with Crippen molar-refractivity contribution in [1.82, 2.24) is 19.4 Å². The Labute approximate surface area is 224 Å². The standard InChI is InChI=1S/C28H30F3N5O3/c1-19-14-22(27-34-25(18-38-27)21-3-5-24(6-4-21)39-28(29,30)31)17-36(19)16-20-2-7-26(33-15-20)32-10-13-35-11-8-23(37)9-12-35/h2-7,14-15,17-18,23,37H,8-13,16H2,1H3,(H,32,33). The first-order valence-corrected chi connectivity index (χ1v) is 12.8. The van der Waals surface area contributed by atoms with Crippen LogP contribution in [0.2, 0.25) is 0 Å². The second kappa shape index (κ2) is 11.5. The molecule has 0 aliphatic carbocycles. The minimum Gasteiger partial charge on any atom is -0.444 e. The topological polar surface area (TPSA) is 88.6 Å². The summed E-state index contributed by atoms with van der Waals surface area (Å²) in [6.45, 7) is 6.19. The first kappa shape index (κ1) is 26.8. The highest BCUT2D eigenvalue weighted by Gasteiger charge is 2.31. The van der Waals surface area contributed by atoms with Crippen molar-refractivity contribution in [3.8, 4) is 28.5 Å². The zero-order chi connectivity index (χ0) is 27.4. The summed E-state index contributed by atoms with van der Waals surface area (Å²) < 4.78 is 48.8. The molecule has 0 bridgehead atoms. The van der Waals surface area contributed by atoms with Crippen molar-refractivity contribution in [3.05, 3.63) is 72.4 Å². The number of hydrogen-bond donors (Lipinski definition) is 2. The Morgan fingerprint density at radius 1 is 1.10 bits per heavy atom. The molecule has 11 heteroatoms. The maximum Gasteiger partial charge on any atom is 0.573 e. The highest BCUT2D eigenvalue weighted by molar-refractivity contribution is 5.63. The van der Waals surface area contributed by atoms with E-state index in [1.165, 1.54) is 30.5 Å². The number of oxazole rings is 1. The molecule has 1 aliphatic rings. The number of aryl methyl sites for hydroxylation is 1. The third-order valence-electron chi connectivity index (χ3n) is 6.72. The highest BCUT2D eigenvalue weighted by Crippen LogP contribution is 2.29. The molecule has 8 nitrogen and oxygen atoms in total. The van der Waals surface area contributed by atoms with E-state index in [9.17, 15) is 18.3 Å². The first-order valence-electron chi connectivity index (χ1n) is 12.8. The van der Waals surface area contributed by atoms with Crippen LogP contribution in [-0.2, 0) is 6.54 Å². The van der Waals surface area contributed by atoms with Gasteiger partial charge in [0.2, 0.25) is 5.89 Å². The second-order valence-corrected chi connectivity index (χ2v) is 9.66. The van der Waals surface area contributed by atoms with Crippen LogP contribution in [0.3, 0.4) is 0 Å². The third-order valence-corrected chi connectivity index (χ3v) is 6.72. The number of aromatic nitrogens is 3. The molecular formula is C28H30F3N5O3. The largest absolute Gasteiger partial charge is 0.573 e. The van der Waals surface area contributed by atoms with Gasteiger partial charge in [0.25, 0.3) is 0 Å². The Morgan fingerprint density at radius 3 is 2.56 bits per heavy atom. The van der Waals surface area contributed by atoms with Crippen LogP contribution in [0.25, 0.3) is 22.7 Å². The summed E-state index contributed by atoms with van der Waals surface area (Å²) in [4.78, 5) is 11.4. The number of alkyl halides is 3. The lowest BCUT2D eigenvalue weighted by Crippen LogP contribution is -2.38. The van der Waals surface area contributed by atoms with E-state index in [1.807, 2.05) is 37.5 Å². The Balaban J connectivity index is 1.17. The lowest BCUT2D eigenvalue weighted by molar-refractivity contribution is -0.274. The van der Waals surface area contributed by atoms with Gasteiger partial charge in [-0.15, -0.1) is 13.2 Å². The van der Waals surface area contributed by atoms with Gasteiger partial charge in [-0.2, -0.15) is 0 Å². The van der Waals surface area contributed by atoms with Gasteiger partial charge in [0, 0.05) is 56.4 Å². The number of aliphatic hydroxyl groups excluding tert-OH is 1. The van der Waals surface area contributed by atoms with Gasteiger partial charge in [0.05, 0.1) is 11.7 Å².